The molecule has 2 nitrogen and oxygen atoms in total. The molecule has 0 saturated carbocycles. The van der Waals surface area contributed by atoms with Gasteiger partial charge in [0.05, 0.1) is 5.60 Å². The number of piperidine rings is 1. The summed E-state index contributed by atoms with van der Waals surface area (Å²) in [5.41, 5.74) is -0.336. The maximum absolute atomic E-state index is 10.2. The van der Waals surface area contributed by atoms with Crippen LogP contribution in [0.5, 0.6) is 0 Å². The second-order valence-corrected chi connectivity index (χ2v) is 4.64. The Kier molecular flexibility index (Phi) is 5.49. The molecule has 0 radical (unpaired) electrons. The van der Waals surface area contributed by atoms with E-state index in [-0.39, 0.29) is 5.60 Å². The van der Waals surface area contributed by atoms with Crippen LogP contribution >= 0.6 is 0 Å². The van der Waals surface area contributed by atoms with Crippen molar-refractivity contribution in [2.75, 3.05) is 13.1 Å². The van der Waals surface area contributed by atoms with Crippen LogP contribution in [0, 0.1) is 0 Å². The summed E-state index contributed by atoms with van der Waals surface area (Å²) in [7, 11) is 0. The minimum Gasteiger partial charge on any atom is -0.390 e. The summed E-state index contributed by atoms with van der Waals surface area (Å²) in [5, 5.41) is 13.5. The van der Waals surface area contributed by atoms with Crippen LogP contribution in [0.2, 0.25) is 0 Å². The molecule has 14 heavy (non-hydrogen) atoms. The van der Waals surface area contributed by atoms with E-state index in [1.54, 1.807) is 0 Å². The zero-order chi connectivity index (χ0) is 10.3. The van der Waals surface area contributed by atoms with E-state index in [0.717, 1.165) is 32.4 Å². The predicted molar refractivity (Wildman–Crippen MR) is 60.4 cm³/mol. The molecule has 0 atom stereocenters. The van der Waals surface area contributed by atoms with Gasteiger partial charge in [-0.3, -0.25) is 0 Å². The molecule has 2 heteroatoms. The fourth-order valence-electron chi connectivity index (χ4n) is 2.20. The Morgan fingerprint density at radius 1 is 1.07 bits per heavy atom. The first-order valence-corrected chi connectivity index (χ1v) is 6.20. The highest BCUT2D eigenvalue weighted by Crippen LogP contribution is 2.24. The monoisotopic (exact) mass is 199 g/mol. The van der Waals surface area contributed by atoms with E-state index >= 15 is 0 Å². The minimum absolute atomic E-state index is 0.336. The summed E-state index contributed by atoms with van der Waals surface area (Å²) in [6, 6.07) is 0. The van der Waals surface area contributed by atoms with Crippen molar-refractivity contribution >= 4 is 0 Å². The minimum atomic E-state index is -0.336. The molecule has 0 spiro atoms. The van der Waals surface area contributed by atoms with E-state index in [0.29, 0.717) is 0 Å². The van der Waals surface area contributed by atoms with Crippen molar-refractivity contribution in [2.24, 2.45) is 0 Å². The molecular weight excluding hydrogens is 174 g/mol. The Balaban J connectivity index is 2.03. The fraction of sp³-hybridized carbons (Fsp3) is 1.00. The summed E-state index contributed by atoms with van der Waals surface area (Å²) >= 11 is 0. The normalized spacial score (nSPS) is 21.0. The highest BCUT2D eigenvalue weighted by molar-refractivity contribution is 4.83. The van der Waals surface area contributed by atoms with E-state index in [1.807, 2.05) is 0 Å². The topological polar surface area (TPSA) is 32.3 Å². The van der Waals surface area contributed by atoms with Gasteiger partial charge in [0, 0.05) is 0 Å². The number of hydrogen-bond donors (Lipinski definition) is 2. The summed E-state index contributed by atoms with van der Waals surface area (Å²) in [6.45, 7) is 4.22. The van der Waals surface area contributed by atoms with Gasteiger partial charge in [0.15, 0.2) is 0 Å². The van der Waals surface area contributed by atoms with Crippen molar-refractivity contribution in [3.05, 3.63) is 0 Å². The van der Waals surface area contributed by atoms with Crippen LogP contribution < -0.4 is 5.32 Å². The Labute approximate surface area is 88.1 Å². The lowest BCUT2D eigenvalue weighted by molar-refractivity contribution is 0.000294. The van der Waals surface area contributed by atoms with Gasteiger partial charge in [0.25, 0.3) is 0 Å². The van der Waals surface area contributed by atoms with Gasteiger partial charge in [-0.15, -0.1) is 0 Å². The zero-order valence-corrected chi connectivity index (χ0v) is 9.52. The maximum Gasteiger partial charge on any atom is 0.0672 e. The van der Waals surface area contributed by atoms with Crippen LogP contribution in [0.25, 0.3) is 0 Å². The molecule has 1 fully saturated rings. The summed E-state index contributed by atoms with van der Waals surface area (Å²) in [4.78, 5) is 0. The molecule has 2 N–H and O–H groups in total. The average Bonchev–Trinajstić information content (AvgIpc) is 2.18. The molecule has 0 aromatic rings. The van der Waals surface area contributed by atoms with Crippen molar-refractivity contribution in [3.63, 3.8) is 0 Å². The van der Waals surface area contributed by atoms with Crippen molar-refractivity contribution < 1.29 is 5.11 Å². The molecule has 0 aliphatic carbocycles. The van der Waals surface area contributed by atoms with Gasteiger partial charge >= 0.3 is 0 Å². The fourth-order valence-corrected chi connectivity index (χ4v) is 2.20. The number of nitrogens with one attached hydrogen (secondary N) is 1. The highest BCUT2D eigenvalue weighted by atomic mass is 16.3. The van der Waals surface area contributed by atoms with Crippen LogP contribution in [-0.4, -0.2) is 23.8 Å². The van der Waals surface area contributed by atoms with E-state index in [1.165, 1.54) is 32.1 Å². The van der Waals surface area contributed by atoms with E-state index < -0.39 is 0 Å². The van der Waals surface area contributed by atoms with Crippen LogP contribution in [0.15, 0.2) is 0 Å². The number of hydrogen-bond acceptors (Lipinski definition) is 2. The van der Waals surface area contributed by atoms with Crippen LogP contribution in [0.1, 0.15) is 58.3 Å². The summed E-state index contributed by atoms with van der Waals surface area (Å²) in [6.07, 6.45) is 9.39. The molecule has 0 unspecified atom stereocenters. The van der Waals surface area contributed by atoms with Crippen LogP contribution in [0.4, 0.5) is 0 Å². The Hall–Kier alpha value is -0.0800. The van der Waals surface area contributed by atoms with Gasteiger partial charge in [-0.25, -0.2) is 0 Å². The van der Waals surface area contributed by atoms with Gasteiger partial charge in [0.2, 0.25) is 0 Å². The maximum atomic E-state index is 10.2. The van der Waals surface area contributed by atoms with Gasteiger partial charge in [-0.2, -0.15) is 0 Å². The molecule has 0 amide bonds. The number of rotatable bonds is 6. The number of unbranched alkanes of at least 4 members (excludes halogenated alkanes) is 4. The third-order valence-electron chi connectivity index (χ3n) is 3.28. The smallest absolute Gasteiger partial charge is 0.0672 e. The molecule has 0 bridgehead atoms. The van der Waals surface area contributed by atoms with Crippen LogP contribution in [0.3, 0.4) is 0 Å². The van der Waals surface area contributed by atoms with Crippen molar-refractivity contribution in [2.45, 2.75) is 63.9 Å². The lowest BCUT2D eigenvalue weighted by atomic mass is 9.87. The quantitative estimate of drug-likeness (QED) is 0.644. The van der Waals surface area contributed by atoms with Crippen molar-refractivity contribution in [1.29, 1.82) is 0 Å². The van der Waals surface area contributed by atoms with Gasteiger partial charge in [-0.1, -0.05) is 39.0 Å². The van der Waals surface area contributed by atoms with Gasteiger partial charge < -0.3 is 10.4 Å². The molecule has 0 aromatic carbocycles. The van der Waals surface area contributed by atoms with Crippen molar-refractivity contribution in [3.8, 4) is 0 Å². The predicted octanol–water partition coefficient (Wildman–Crippen LogP) is 2.46. The Morgan fingerprint density at radius 2 is 1.71 bits per heavy atom. The second-order valence-electron chi connectivity index (χ2n) is 4.64. The molecule has 1 saturated heterocycles. The SMILES string of the molecule is CCCCCCCC1(O)CCNCC1. The van der Waals surface area contributed by atoms with E-state index in [9.17, 15) is 5.11 Å². The van der Waals surface area contributed by atoms with Crippen molar-refractivity contribution in [1.82, 2.24) is 5.32 Å². The molecule has 0 aromatic heterocycles. The largest absolute Gasteiger partial charge is 0.390 e. The van der Waals surface area contributed by atoms with Gasteiger partial charge in [0.1, 0.15) is 0 Å². The first-order chi connectivity index (χ1) is 6.77. The second kappa shape index (κ2) is 6.41. The molecule has 1 aliphatic rings. The molecule has 1 rings (SSSR count). The average molecular weight is 199 g/mol. The first kappa shape index (κ1) is 12.0. The molecule has 1 heterocycles. The van der Waals surface area contributed by atoms with Crippen LogP contribution in [-0.2, 0) is 0 Å². The third-order valence-corrected chi connectivity index (χ3v) is 3.28. The summed E-state index contributed by atoms with van der Waals surface area (Å²) in [5.74, 6) is 0. The first-order valence-electron chi connectivity index (χ1n) is 6.20. The van der Waals surface area contributed by atoms with E-state index in [2.05, 4.69) is 12.2 Å². The third kappa shape index (κ3) is 4.43. The number of aliphatic hydroxyl groups is 1. The molecular formula is C12H25NO. The Bertz CT molecular complexity index is 141. The Morgan fingerprint density at radius 3 is 2.36 bits per heavy atom. The highest BCUT2D eigenvalue weighted by Gasteiger charge is 2.27. The molecule has 1 aliphatic heterocycles. The zero-order valence-electron chi connectivity index (χ0n) is 9.52. The standard InChI is InChI=1S/C12H25NO/c1-2-3-4-5-6-7-12(14)8-10-13-11-9-12/h13-14H,2-11H2,1H3. The summed E-state index contributed by atoms with van der Waals surface area (Å²) < 4.78 is 0. The lowest BCUT2D eigenvalue weighted by Crippen LogP contribution is -2.41. The van der Waals surface area contributed by atoms with Gasteiger partial charge in [-0.05, 0) is 32.4 Å². The molecule has 84 valence electrons. The van der Waals surface area contributed by atoms with E-state index in [4.69, 9.17) is 0 Å². The lowest BCUT2D eigenvalue weighted by Gasteiger charge is -2.32.